The number of nitrogens with one attached hydrogen (secondary N) is 1. The van der Waals surface area contributed by atoms with Gasteiger partial charge in [-0.15, -0.1) is 0 Å². The van der Waals surface area contributed by atoms with Gasteiger partial charge in [-0.1, -0.05) is 23.7 Å². The molecule has 8 heteroatoms. The molecule has 26 heavy (non-hydrogen) atoms. The molecule has 0 aliphatic rings. The van der Waals surface area contributed by atoms with Crippen molar-refractivity contribution in [3.8, 4) is 0 Å². The first-order valence-corrected chi connectivity index (χ1v) is 9.76. The summed E-state index contributed by atoms with van der Waals surface area (Å²) in [5, 5.41) is 9.12. The van der Waals surface area contributed by atoms with Gasteiger partial charge >= 0.3 is 0 Å². The Labute approximate surface area is 156 Å². The largest absolute Gasteiger partial charge is 0.461 e. The Morgan fingerprint density at radius 2 is 1.88 bits per heavy atom. The van der Waals surface area contributed by atoms with E-state index in [2.05, 4.69) is 5.32 Å². The fourth-order valence-electron chi connectivity index (χ4n) is 2.68. The summed E-state index contributed by atoms with van der Waals surface area (Å²) in [6.45, 7) is 2.18. The van der Waals surface area contributed by atoms with E-state index in [1.807, 2.05) is 6.07 Å². The molecule has 0 atom stereocenters. The number of benzene rings is 2. The first-order chi connectivity index (χ1) is 12.2. The zero-order valence-electron chi connectivity index (χ0n) is 14.0. The van der Waals surface area contributed by atoms with E-state index >= 15 is 0 Å². The molecule has 0 aliphatic carbocycles. The van der Waals surface area contributed by atoms with Crippen molar-refractivity contribution in [3.05, 3.63) is 64.4 Å². The average Bonchev–Trinajstić information content (AvgIpc) is 2.93. The number of carbonyl (C=O) groups is 1. The predicted octanol–water partition coefficient (Wildman–Crippen LogP) is 3.01. The highest BCUT2D eigenvalue weighted by molar-refractivity contribution is 7.89. The number of amides is 1. The molecule has 0 spiro atoms. The van der Waals surface area contributed by atoms with Gasteiger partial charge in [0.25, 0.3) is 5.91 Å². The van der Waals surface area contributed by atoms with Crippen LogP contribution in [0.25, 0.3) is 11.0 Å². The lowest BCUT2D eigenvalue weighted by Crippen LogP contribution is -2.25. The van der Waals surface area contributed by atoms with Crippen molar-refractivity contribution in [1.29, 1.82) is 0 Å². The second-order valence-electron chi connectivity index (χ2n) is 5.92. The summed E-state index contributed by atoms with van der Waals surface area (Å²) in [4.78, 5) is 12.5. The van der Waals surface area contributed by atoms with E-state index in [1.54, 1.807) is 31.2 Å². The van der Waals surface area contributed by atoms with Crippen molar-refractivity contribution < 1.29 is 17.6 Å². The van der Waals surface area contributed by atoms with Gasteiger partial charge in [-0.05, 0) is 49.2 Å². The van der Waals surface area contributed by atoms with E-state index < -0.39 is 10.0 Å². The van der Waals surface area contributed by atoms with Crippen LogP contribution >= 0.6 is 11.6 Å². The van der Waals surface area contributed by atoms with E-state index in [9.17, 15) is 13.2 Å². The quantitative estimate of drug-likeness (QED) is 0.696. The van der Waals surface area contributed by atoms with Crippen LogP contribution in [0.1, 0.15) is 21.7 Å². The third-order valence-corrected chi connectivity index (χ3v) is 5.05. The van der Waals surface area contributed by atoms with Gasteiger partial charge < -0.3 is 9.73 Å². The molecule has 0 aliphatic heterocycles. The number of nitrogens with two attached hydrogens (primary N) is 1. The molecule has 0 radical (unpaired) electrons. The molecule has 2 aromatic carbocycles. The maximum atomic E-state index is 12.5. The molecule has 1 aromatic heterocycles. The normalized spacial score (nSPS) is 11.7. The highest BCUT2D eigenvalue weighted by atomic mass is 35.5. The zero-order chi connectivity index (χ0) is 18.9. The summed E-state index contributed by atoms with van der Waals surface area (Å²) in [7, 11) is -3.71. The Balaban J connectivity index is 1.68. The standard InChI is InChI=1S/C18H17ClN2O4S/c1-11-8-13-9-14(19)10-16(17(13)25-11)18(22)21-7-6-12-2-4-15(5-3-12)26(20,23)24/h2-5,8-10H,6-7H2,1H3,(H,21,22)(H2,20,23,24). The number of halogens is 1. The number of hydrogen-bond acceptors (Lipinski definition) is 4. The number of hydrogen-bond donors (Lipinski definition) is 2. The van der Waals surface area contributed by atoms with E-state index in [-0.39, 0.29) is 10.8 Å². The summed E-state index contributed by atoms with van der Waals surface area (Å²) in [6.07, 6.45) is 0.539. The van der Waals surface area contributed by atoms with Crippen molar-refractivity contribution in [2.45, 2.75) is 18.2 Å². The van der Waals surface area contributed by atoms with Crippen LogP contribution in [0.4, 0.5) is 0 Å². The lowest BCUT2D eigenvalue weighted by Gasteiger charge is -2.07. The molecule has 136 valence electrons. The van der Waals surface area contributed by atoms with Crippen molar-refractivity contribution in [2.75, 3.05) is 6.54 Å². The zero-order valence-corrected chi connectivity index (χ0v) is 15.5. The Bertz CT molecular complexity index is 1070. The summed E-state index contributed by atoms with van der Waals surface area (Å²) < 4.78 is 28.1. The highest BCUT2D eigenvalue weighted by Gasteiger charge is 2.15. The van der Waals surface area contributed by atoms with Crippen LogP contribution < -0.4 is 10.5 Å². The SMILES string of the molecule is Cc1cc2cc(Cl)cc(C(=O)NCCc3ccc(S(N)(=O)=O)cc3)c2o1. The first-order valence-electron chi connectivity index (χ1n) is 7.84. The van der Waals surface area contributed by atoms with Crippen molar-refractivity contribution in [1.82, 2.24) is 5.32 Å². The molecular formula is C18H17ClN2O4S. The Kier molecular flexibility index (Phi) is 5.04. The number of fused-ring (bicyclic) bond motifs is 1. The molecule has 1 heterocycles. The van der Waals surface area contributed by atoms with Crippen LogP contribution in [0.15, 0.2) is 51.8 Å². The van der Waals surface area contributed by atoms with Crippen LogP contribution in [0.3, 0.4) is 0 Å². The summed E-state index contributed by atoms with van der Waals surface area (Å²) in [5.74, 6) is 0.416. The minimum absolute atomic E-state index is 0.0554. The van der Waals surface area contributed by atoms with Gasteiger partial charge in [0, 0.05) is 17.0 Å². The van der Waals surface area contributed by atoms with Crippen LogP contribution in [0, 0.1) is 6.92 Å². The third-order valence-electron chi connectivity index (χ3n) is 3.90. The smallest absolute Gasteiger partial charge is 0.255 e. The minimum Gasteiger partial charge on any atom is -0.461 e. The molecular weight excluding hydrogens is 376 g/mol. The molecule has 0 fully saturated rings. The van der Waals surface area contributed by atoms with E-state index in [4.69, 9.17) is 21.2 Å². The maximum Gasteiger partial charge on any atom is 0.255 e. The molecule has 3 N–H and O–H groups in total. The van der Waals surface area contributed by atoms with Gasteiger partial charge in [-0.2, -0.15) is 0 Å². The fraction of sp³-hybridized carbons (Fsp3) is 0.167. The lowest BCUT2D eigenvalue weighted by molar-refractivity contribution is 0.0955. The number of furan rings is 1. The number of carbonyl (C=O) groups excluding carboxylic acids is 1. The summed E-state index contributed by atoms with van der Waals surface area (Å²) in [6, 6.07) is 11.4. The molecule has 3 aromatic rings. The molecule has 0 bridgehead atoms. The van der Waals surface area contributed by atoms with E-state index in [0.29, 0.717) is 34.9 Å². The fourth-order valence-corrected chi connectivity index (χ4v) is 3.42. The average molecular weight is 393 g/mol. The van der Waals surface area contributed by atoms with Crippen molar-refractivity contribution in [2.24, 2.45) is 5.14 Å². The van der Waals surface area contributed by atoms with Crippen LogP contribution in [-0.2, 0) is 16.4 Å². The van der Waals surface area contributed by atoms with Gasteiger partial charge in [0.15, 0.2) is 0 Å². The van der Waals surface area contributed by atoms with Crippen LogP contribution in [-0.4, -0.2) is 20.9 Å². The van der Waals surface area contributed by atoms with Crippen molar-refractivity contribution >= 4 is 38.5 Å². The second-order valence-corrected chi connectivity index (χ2v) is 7.92. The van der Waals surface area contributed by atoms with Crippen LogP contribution in [0.2, 0.25) is 5.02 Å². The van der Waals surface area contributed by atoms with Gasteiger partial charge in [0.2, 0.25) is 10.0 Å². The summed E-state index contributed by atoms with van der Waals surface area (Å²) >= 11 is 6.08. The third kappa shape index (κ3) is 4.07. The molecule has 0 unspecified atom stereocenters. The number of primary sulfonamides is 1. The number of aryl methyl sites for hydroxylation is 1. The van der Waals surface area contributed by atoms with E-state index in [0.717, 1.165) is 10.9 Å². The van der Waals surface area contributed by atoms with Gasteiger partial charge in [0.1, 0.15) is 11.3 Å². The van der Waals surface area contributed by atoms with Crippen molar-refractivity contribution in [3.63, 3.8) is 0 Å². The Hall–Kier alpha value is -2.35. The molecule has 6 nitrogen and oxygen atoms in total. The van der Waals surface area contributed by atoms with Crippen LogP contribution in [0.5, 0.6) is 0 Å². The Morgan fingerprint density at radius 3 is 2.54 bits per heavy atom. The van der Waals surface area contributed by atoms with Gasteiger partial charge in [0.05, 0.1) is 10.5 Å². The van der Waals surface area contributed by atoms with E-state index in [1.165, 1.54) is 12.1 Å². The predicted molar refractivity (Wildman–Crippen MR) is 99.8 cm³/mol. The maximum absolute atomic E-state index is 12.5. The van der Waals surface area contributed by atoms with Gasteiger partial charge in [-0.3, -0.25) is 4.79 Å². The Morgan fingerprint density at radius 1 is 1.19 bits per heavy atom. The number of rotatable bonds is 5. The molecule has 0 saturated heterocycles. The molecule has 0 saturated carbocycles. The summed E-state index contributed by atoms with van der Waals surface area (Å²) in [5.41, 5.74) is 1.76. The molecule has 1 amide bonds. The highest BCUT2D eigenvalue weighted by Crippen LogP contribution is 2.27. The molecule has 3 rings (SSSR count). The minimum atomic E-state index is -3.71. The second kappa shape index (κ2) is 7.11. The topological polar surface area (TPSA) is 102 Å². The van der Waals surface area contributed by atoms with Gasteiger partial charge in [-0.25, -0.2) is 13.6 Å². The lowest BCUT2D eigenvalue weighted by atomic mass is 10.1. The monoisotopic (exact) mass is 392 g/mol. The number of sulfonamides is 1. The first kappa shape index (κ1) is 18.4.